The molecule has 0 fully saturated rings. The number of hydrogen-bond donors (Lipinski definition) is 1. The molecule has 1 amide bonds. The average Bonchev–Trinajstić information content (AvgIpc) is 2.68. The Balaban J connectivity index is 2.55. The minimum absolute atomic E-state index is 0.181. The number of carbonyl (C=O) groups excluding carboxylic acids is 1. The lowest BCUT2D eigenvalue weighted by molar-refractivity contribution is -0.136. The highest BCUT2D eigenvalue weighted by molar-refractivity contribution is 9.10. The second-order valence-corrected chi connectivity index (χ2v) is 4.49. The molecule has 4 nitrogen and oxygen atoms in total. The summed E-state index contributed by atoms with van der Waals surface area (Å²) in [6.45, 7) is 0. The predicted octanol–water partition coefficient (Wildman–Crippen LogP) is 3.93. The minimum atomic E-state index is -4.57. The van der Waals surface area contributed by atoms with E-state index >= 15 is 0 Å². The number of rotatable bonds is 1. The van der Waals surface area contributed by atoms with Crippen LogP contribution in [0.1, 0.15) is 5.56 Å². The summed E-state index contributed by atoms with van der Waals surface area (Å²) in [5.74, 6) is -0.307. The van der Waals surface area contributed by atoms with E-state index in [-0.39, 0.29) is 21.4 Å². The average molecular weight is 338 g/mol. The molecule has 0 aliphatic carbocycles. The lowest BCUT2D eigenvalue weighted by Gasteiger charge is -2.07. The number of benzene rings is 1. The Labute approximate surface area is 113 Å². The van der Waals surface area contributed by atoms with Gasteiger partial charge in [-0.3, -0.25) is 0 Å². The summed E-state index contributed by atoms with van der Waals surface area (Å²) in [6.07, 6.45) is -5.39. The van der Waals surface area contributed by atoms with Gasteiger partial charge in [-0.2, -0.15) is 13.2 Å². The molecule has 2 rings (SSSR count). The van der Waals surface area contributed by atoms with Crippen molar-refractivity contribution in [3.05, 3.63) is 28.2 Å². The fourth-order valence-electron chi connectivity index (χ4n) is 1.50. The number of fused-ring (bicyclic) bond motifs is 1. The van der Waals surface area contributed by atoms with Crippen LogP contribution in [0, 0.1) is 0 Å². The van der Waals surface area contributed by atoms with E-state index in [0.29, 0.717) is 0 Å². The van der Waals surface area contributed by atoms with Crippen molar-refractivity contribution in [2.45, 2.75) is 6.18 Å². The minimum Gasteiger partial charge on any atom is -0.425 e. The van der Waals surface area contributed by atoms with E-state index < -0.39 is 17.8 Å². The number of amides is 1. The van der Waals surface area contributed by atoms with E-state index in [1.165, 1.54) is 19.2 Å². The Hall–Kier alpha value is -1.70. The Bertz CT molecular complexity index is 636. The third-order valence-corrected chi connectivity index (χ3v) is 2.72. The zero-order valence-electron chi connectivity index (χ0n) is 9.47. The van der Waals surface area contributed by atoms with Crippen molar-refractivity contribution in [2.24, 2.45) is 0 Å². The molecule has 0 saturated heterocycles. The van der Waals surface area contributed by atoms with Crippen molar-refractivity contribution >= 4 is 33.0 Å². The molecule has 19 heavy (non-hydrogen) atoms. The van der Waals surface area contributed by atoms with Crippen LogP contribution in [0.5, 0.6) is 5.95 Å². The van der Waals surface area contributed by atoms with Gasteiger partial charge in [0.1, 0.15) is 5.56 Å². The van der Waals surface area contributed by atoms with Crippen molar-refractivity contribution in [1.29, 1.82) is 0 Å². The number of halogens is 4. The number of ether oxygens (including phenoxy) is 1. The van der Waals surface area contributed by atoms with E-state index in [4.69, 9.17) is 4.42 Å². The molecule has 0 spiro atoms. The van der Waals surface area contributed by atoms with E-state index in [2.05, 4.69) is 26.0 Å². The van der Waals surface area contributed by atoms with E-state index in [9.17, 15) is 18.0 Å². The fraction of sp³-hybridized carbons (Fsp3) is 0.182. The van der Waals surface area contributed by atoms with Crippen LogP contribution < -0.4 is 10.1 Å². The van der Waals surface area contributed by atoms with Crippen LogP contribution in [0.15, 0.2) is 27.1 Å². The molecule has 8 heteroatoms. The molecule has 0 atom stereocenters. The first-order valence-electron chi connectivity index (χ1n) is 5.01. The Morgan fingerprint density at radius 1 is 1.37 bits per heavy atom. The summed E-state index contributed by atoms with van der Waals surface area (Å²) in [6, 6.07) is 3.55. The lowest BCUT2D eigenvalue weighted by Crippen LogP contribution is -2.21. The fourth-order valence-corrected chi connectivity index (χ4v) is 1.97. The maximum Gasteiger partial charge on any atom is 0.420 e. The largest absolute Gasteiger partial charge is 0.425 e. The molecule has 2 aromatic rings. The molecular formula is C11H7BrF3NO3. The number of hydrogen-bond acceptors (Lipinski definition) is 3. The number of nitrogens with one attached hydrogen (secondary N) is 1. The highest BCUT2D eigenvalue weighted by Crippen LogP contribution is 2.39. The maximum absolute atomic E-state index is 12.8. The first-order chi connectivity index (χ1) is 8.81. The maximum atomic E-state index is 12.8. The highest BCUT2D eigenvalue weighted by Gasteiger charge is 2.35. The van der Waals surface area contributed by atoms with Gasteiger partial charge in [0.2, 0.25) is 0 Å². The zero-order chi connectivity index (χ0) is 14.2. The van der Waals surface area contributed by atoms with E-state index in [1.807, 2.05) is 0 Å². The van der Waals surface area contributed by atoms with Gasteiger partial charge in [0.05, 0.1) is 0 Å². The van der Waals surface area contributed by atoms with Gasteiger partial charge in [-0.15, -0.1) is 0 Å². The van der Waals surface area contributed by atoms with Crippen LogP contribution in [0.4, 0.5) is 18.0 Å². The molecular weight excluding hydrogens is 331 g/mol. The Morgan fingerprint density at radius 3 is 2.63 bits per heavy atom. The normalized spacial score (nSPS) is 11.6. The molecule has 0 bridgehead atoms. The molecule has 0 aliphatic heterocycles. The summed E-state index contributed by atoms with van der Waals surface area (Å²) in [4.78, 5) is 11.0. The van der Waals surface area contributed by atoms with Crippen LogP contribution in [0.2, 0.25) is 0 Å². The van der Waals surface area contributed by atoms with Gasteiger partial charge in [0, 0.05) is 23.0 Å². The van der Waals surface area contributed by atoms with Crippen LogP contribution in [-0.4, -0.2) is 13.1 Å². The standard InChI is InChI=1S/C11H7BrF3NO3/c1-16-10(17)19-8-3-5-2-6(12)4-7(9(5)18-8)11(13,14)15/h2-4H,1H3,(H,16,17). The van der Waals surface area contributed by atoms with E-state index in [0.717, 1.165) is 6.07 Å². The van der Waals surface area contributed by atoms with Crippen molar-refractivity contribution in [2.75, 3.05) is 7.05 Å². The number of carbonyl (C=O) groups is 1. The first-order valence-corrected chi connectivity index (χ1v) is 5.80. The summed E-state index contributed by atoms with van der Waals surface area (Å²) in [5.41, 5.74) is -1.32. The molecule has 0 unspecified atom stereocenters. The van der Waals surface area contributed by atoms with Crippen molar-refractivity contribution in [1.82, 2.24) is 5.32 Å². The zero-order valence-corrected chi connectivity index (χ0v) is 11.1. The van der Waals surface area contributed by atoms with Gasteiger partial charge >= 0.3 is 12.3 Å². The summed E-state index contributed by atoms with van der Waals surface area (Å²) in [7, 11) is 1.32. The van der Waals surface area contributed by atoms with Crippen LogP contribution in [-0.2, 0) is 6.18 Å². The lowest BCUT2D eigenvalue weighted by atomic mass is 10.1. The molecule has 1 heterocycles. The van der Waals surface area contributed by atoms with Gasteiger partial charge in [0.25, 0.3) is 5.95 Å². The second kappa shape index (κ2) is 4.76. The van der Waals surface area contributed by atoms with E-state index in [1.54, 1.807) is 0 Å². The van der Waals surface area contributed by atoms with Crippen molar-refractivity contribution in [3.8, 4) is 5.95 Å². The second-order valence-electron chi connectivity index (χ2n) is 3.57. The molecule has 102 valence electrons. The van der Waals surface area contributed by atoms with Crippen molar-refractivity contribution in [3.63, 3.8) is 0 Å². The smallest absolute Gasteiger partial charge is 0.420 e. The molecule has 1 aromatic carbocycles. The van der Waals surface area contributed by atoms with Gasteiger partial charge in [-0.05, 0) is 12.1 Å². The topological polar surface area (TPSA) is 51.5 Å². The third-order valence-electron chi connectivity index (χ3n) is 2.26. The molecule has 1 aromatic heterocycles. The van der Waals surface area contributed by atoms with Gasteiger partial charge < -0.3 is 14.5 Å². The molecule has 0 radical (unpaired) electrons. The molecule has 0 aliphatic rings. The van der Waals surface area contributed by atoms with Gasteiger partial charge in [-0.1, -0.05) is 15.9 Å². The van der Waals surface area contributed by atoms with Gasteiger partial charge in [-0.25, -0.2) is 4.79 Å². The highest BCUT2D eigenvalue weighted by atomic mass is 79.9. The van der Waals surface area contributed by atoms with Gasteiger partial charge in [0.15, 0.2) is 5.58 Å². The Morgan fingerprint density at radius 2 is 2.05 bits per heavy atom. The summed E-state index contributed by atoms with van der Waals surface area (Å²) < 4.78 is 48.3. The van der Waals surface area contributed by atoms with Crippen LogP contribution >= 0.6 is 15.9 Å². The SMILES string of the molecule is CNC(=O)Oc1cc2cc(Br)cc(C(F)(F)F)c2o1. The summed E-state index contributed by atoms with van der Waals surface area (Å²) >= 11 is 2.99. The number of furan rings is 1. The van der Waals surface area contributed by atoms with Crippen LogP contribution in [0.3, 0.4) is 0 Å². The molecule has 1 N–H and O–H groups in total. The number of alkyl halides is 3. The Kier molecular flexibility index (Phi) is 3.44. The predicted molar refractivity (Wildman–Crippen MR) is 64.0 cm³/mol. The summed E-state index contributed by atoms with van der Waals surface area (Å²) in [5, 5.41) is 2.34. The quantitative estimate of drug-likeness (QED) is 0.857. The first kappa shape index (κ1) is 13.7. The third kappa shape index (κ3) is 2.83. The molecule has 0 saturated carbocycles. The van der Waals surface area contributed by atoms with Crippen LogP contribution in [0.25, 0.3) is 11.0 Å². The van der Waals surface area contributed by atoms with Crippen molar-refractivity contribution < 1.29 is 27.1 Å². The monoisotopic (exact) mass is 337 g/mol.